The molecule has 168 valence electrons. The molecular weight excluding hydrogens is 416 g/mol. The first-order valence-electron chi connectivity index (χ1n) is 11.0. The van der Waals surface area contributed by atoms with Crippen molar-refractivity contribution in [3.63, 3.8) is 0 Å². The van der Waals surface area contributed by atoms with Crippen LogP contribution < -0.4 is 4.74 Å². The maximum Gasteiger partial charge on any atom is 0.264 e. The molecule has 7 heteroatoms. The van der Waals surface area contributed by atoms with Crippen molar-refractivity contribution in [1.29, 1.82) is 5.26 Å². The smallest absolute Gasteiger partial charge is 0.264 e. The summed E-state index contributed by atoms with van der Waals surface area (Å²) in [5, 5.41) is 14.6. The first kappa shape index (κ1) is 22.3. The van der Waals surface area contributed by atoms with Crippen LogP contribution in [-0.2, 0) is 9.53 Å². The van der Waals surface area contributed by atoms with Crippen LogP contribution in [-0.4, -0.2) is 53.5 Å². The Bertz CT molecular complexity index is 1200. The van der Waals surface area contributed by atoms with E-state index < -0.39 is 0 Å². The van der Waals surface area contributed by atoms with Crippen LogP contribution in [0.5, 0.6) is 5.75 Å². The zero-order chi connectivity index (χ0) is 23.2. The molecule has 33 heavy (non-hydrogen) atoms. The van der Waals surface area contributed by atoms with E-state index in [4.69, 9.17) is 14.6 Å². The fraction of sp³-hybridized carbons (Fsp3) is 0.269. The number of rotatable bonds is 6. The maximum absolute atomic E-state index is 13.0. The van der Waals surface area contributed by atoms with Gasteiger partial charge in [0.25, 0.3) is 5.91 Å². The number of nitriles is 1. The van der Waals surface area contributed by atoms with E-state index >= 15 is 0 Å². The summed E-state index contributed by atoms with van der Waals surface area (Å²) in [6.45, 7) is 6.44. The van der Waals surface area contributed by atoms with Gasteiger partial charge in [0, 0.05) is 30.4 Å². The van der Waals surface area contributed by atoms with E-state index in [0.29, 0.717) is 44.2 Å². The molecular formula is C26H26N4O3. The minimum absolute atomic E-state index is 0.0772. The van der Waals surface area contributed by atoms with Crippen LogP contribution in [0.25, 0.3) is 23.0 Å². The molecule has 0 aliphatic carbocycles. The van der Waals surface area contributed by atoms with Gasteiger partial charge in [0.2, 0.25) is 0 Å². The van der Waals surface area contributed by atoms with Gasteiger partial charge in [0.05, 0.1) is 25.5 Å². The van der Waals surface area contributed by atoms with E-state index in [9.17, 15) is 10.1 Å². The van der Waals surface area contributed by atoms with Crippen LogP contribution in [0.1, 0.15) is 18.1 Å². The van der Waals surface area contributed by atoms with Gasteiger partial charge in [-0.05, 0) is 55.8 Å². The van der Waals surface area contributed by atoms with Crippen molar-refractivity contribution in [3.05, 3.63) is 71.4 Å². The lowest BCUT2D eigenvalue weighted by Crippen LogP contribution is -2.41. The molecule has 0 N–H and O–H groups in total. The third-order valence-electron chi connectivity index (χ3n) is 5.46. The summed E-state index contributed by atoms with van der Waals surface area (Å²) in [6.07, 6.45) is 3.48. The molecule has 1 aliphatic rings. The molecule has 0 atom stereocenters. The summed E-state index contributed by atoms with van der Waals surface area (Å²) in [6, 6.07) is 17.7. The van der Waals surface area contributed by atoms with Crippen LogP contribution in [0, 0.1) is 18.3 Å². The second kappa shape index (κ2) is 10.2. The zero-order valence-electron chi connectivity index (χ0n) is 18.8. The minimum atomic E-state index is -0.290. The van der Waals surface area contributed by atoms with E-state index in [1.807, 2.05) is 68.6 Å². The van der Waals surface area contributed by atoms with Crippen molar-refractivity contribution < 1.29 is 14.3 Å². The first-order chi connectivity index (χ1) is 16.1. The fourth-order valence-corrected chi connectivity index (χ4v) is 3.78. The number of benzene rings is 2. The Morgan fingerprint density at radius 2 is 1.97 bits per heavy atom. The van der Waals surface area contributed by atoms with Crippen molar-refractivity contribution in [2.75, 3.05) is 32.9 Å². The quantitative estimate of drug-likeness (QED) is 0.426. The van der Waals surface area contributed by atoms with Gasteiger partial charge < -0.3 is 14.4 Å². The topological polar surface area (TPSA) is 80.4 Å². The van der Waals surface area contributed by atoms with Gasteiger partial charge in [-0.25, -0.2) is 4.68 Å². The molecule has 1 saturated heterocycles. The summed E-state index contributed by atoms with van der Waals surface area (Å²) >= 11 is 0. The van der Waals surface area contributed by atoms with Gasteiger partial charge in [-0.2, -0.15) is 10.4 Å². The van der Waals surface area contributed by atoms with E-state index in [-0.39, 0.29) is 11.5 Å². The third-order valence-corrected chi connectivity index (χ3v) is 5.46. The largest absolute Gasteiger partial charge is 0.494 e. The highest BCUT2D eigenvalue weighted by atomic mass is 16.5. The molecule has 7 nitrogen and oxygen atoms in total. The molecule has 0 spiro atoms. The monoisotopic (exact) mass is 442 g/mol. The Hall–Kier alpha value is -3.89. The summed E-state index contributed by atoms with van der Waals surface area (Å²) in [5.74, 6) is 0.531. The van der Waals surface area contributed by atoms with Gasteiger partial charge in [-0.15, -0.1) is 0 Å². The Balaban J connectivity index is 1.78. The lowest BCUT2D eigenvalue weighted by atomic mass is 10.0. The number of hydrogen-bond donors (Lipinski definition) is 0. The molecule has 0 unspecified atom stereocenters. The van der Waals surface area contributed by atoms with Crippen LogP contribution in [0.4, 0.5) is 0 Å². The van der Waals surface area contributed by atoms with Gasteiger partial charge in [-0.1, -0.05) is 18.2 Å². The fourth-order valence-electron chi connectivity index (χ4n) is 3.78. The molecule has 1 aromatic heterocycles. The van der Waals surface area contributed by atoms with E-state index in [2.05, 4.69) is 6.07 Å². The summed E-state index contributed by atoms with van der Waals surface area (Å²) < 4.78 is 12.8. The summed E-state index contributed by atoms with van der Waals surface area (Å²) in [7, 11) is 0. The van der Waals surface area contributed by atoms with E-state index in [1.165, 1.54) is 0 Å². The third kappa shape index (κ3) is 4.97. The van der Waals surface area contributed by atoms with Crippen molar-refractivity contribution in [1.82, 2.24) is 14.7 Å². The normalized spacial score (nSPS) is 14.1. The number of nitrogens with zero attached hydrogens (tertiary/aromatic N) is 4. The summed E-state index contributed by atoms with van der Waals surface area (Å²) in [5.41, 5.74) is 4.22. The molecule has 3 aromatic rings. The first-order valence-corrected chi connectivity index (χ1v) is 11.0. The Morgan fingerprint density at radius 1 is 1.21 bits per heavy atom. The Labute approximate surface area is 193 Å². The van der Waals surface area contributed by atoms with Crippen LogP contribution >= 0.6 is 0 Å². The number of aryl methyl sites for hydroxylation is 1. The van der Waals surface area contributed by atoms with E-state index in [1.54, 1.807) is 15.7 Å². The van der Waals surface area contributed by atoms with Gasteiger partial charge in [0.1, 0.15) is 23.1 Å². The SMILES string of the molecule is CCOc1ccc(-c2nn(-c3ccccc3)cc2/C=C(\C#N)C(=O)N2CCOCC2)cc1C. The number of aromatic nitrogens is 2. The number of carbonyl (C=O) groups is 1. The molecule has 4 rings (SSSR count). The van der Waals surface area contributed by atoms with Crippen molar-refractivity contribution in [2.24, 2.45) is 0 Å². The lowest BCUT2D eigenvalue weighted by Gasteiger charge is -2.26. The summed E-state index contributed by atoms with van der Waals surface area (Å²) in [4.78, 5) is 14.6. The second-order valence-electron chi connectivity index (χ2n) is 7.70. The molecule has 1 aliphatic heterocycles. The van der Waals surface area contributed by atoms with Crippen molar-refractivity contribution in [2.45, 2.75) is 13.8 Å². The highest BCUT2D eigenvalue weighted by molar-refractivity contribution is 6.02. The Kier molecular flexibility index (Phi) is 6.86. The standard InChI is InChI=1S/C26H26N4O3/c1-3-33-24-10-9-20(15-19(24)2)25-22(18-30(28-25)23-7-5-4-6-8-23)16-21(17-27)26(31)29-11-13-32-14-12-29/h4-10,15-16,18H,3,11-14H2,1-2H3/b21-16+. The maximum atomic E-state index is 13.0. The second-order valence-corrected chi connectivity index (χ2v) is 7.70. The number of amides is 1. The Morgan fingerprint density at radius 3 is 2.64 bits per heavy atom. The molecule has 2 heterocycles. The van der Waals surface area contributed by atoms with Crippen molar-refractivity contribution >= 4 is 12.0 Å². The van der Waals surface area contributed by atoms with Gasteiger partial charge >= 0.3 is 0 Å². The molecule has 0 radical (unpaired) electrons. The predicted molar refractivity (Wildman–Crippen MR) is 126 cm³/mol. The van der Waals surface area contributed by atoms with Crippen molar-refractivity contribution in [3.8, 4) is 28.8 Å². The molecule has 1 fully saturated rings. The highest BCUT2D eigenvalue weighted by Crippen LogP contribution is 2.30. The number of para-hydroxylation sites is 1. The average Bonchev–Trinajstić information content (AvgIpc) is 3.28. The lowest BCUT2D eigenvalue weighted by molar-refractivity contribution is -0.130. The van der Waals surface area contributed by atoms with Crippen LogP contribution in [0.15, 0.2) is 60.3 Å². The van der Waals surface area contributed by atoms with Gasteiger partial charge in [0.15, 0.2) is 0 Å². The number of ether oxygens (including phenoxy) is 2. The number of hydrogen-bond acceptors (Lipinski definition) is 5. The highest BCUT2D eigenvalue weighted by Gasteiger charge is 2.22. The molecule has 0 saturated carbocycles. The molecule has 2 aromatic carbocycles. The predicted octanol–water partition coefficient (Wildman–Crippen LogP) is 4.01. The molecule has 0 bridgehead atoms. The van der Waals surface area contributed by atoms with Crippen LogP contribution in [0.3, 0.4) is 0 Å². The van der Waals surface area contributed by atoms with Gasteiger partial charge in [-0.3, -0.25) is 4.79 Å². The number of carbonyl (C=O) groups excluding carboxylic acids is 1. The van der Waals surface area contributed by atoms with E-state index in [0.717, 1.165) is 22.6 Å². The molecule has 1 amide bonds. The number of morpholine rings is 1. The minimum Gasteiger partial charge on any atom is -0.494 e. The average molecular weight is 443 g/mol. The zero-order valence-corrected chi connectivity index (χ0v) is 18.8. The van der Waals surface area contributed by atoms with Crippen LogP contribution in [0.2, 0.25) is 0 Å².